The van der Waals surface area contributed by atoms with E-state index in [9.17, 15) is 4.91 Å². The summed E-state index contributed by atoms with van der Waals surface area (Å²) in [6, 6.07) is 1.45. The van der Waals surface area contributed by atoms with E-state index in [-0.39, 0.29) is 10.2 Å². The highest BCUT2D eigenvalue weighted by Gasteiger charge is 2.09. The minimum absolute atomic E-state index is 0.176. The van der Waals surface area contributed by atoms with Gasteiger partial charge in [-0.1, -0.05) is 34.8 Å². The number of nitroso groups, excluding NO2 is 1. The van der Waals surface area contributed by atoms with Crippen LogP contribution in [0.3, 0.4) is 0 Å². The van der Waals surface area contributed by atoms with Crippen molar-refractivity contribution in [2.24, 2.45) is 5.18 Å². The molecule has 0 spiro atoms. The molecule has 0 aliphatic heterocycles. The van der Waals surface area contributed by atoms with E-state index in [0.29, 0.717) is 5.56 Å². The van der Waals surface area contributed by atoms with E-state index < -0.39 is 5.50 Å². The Morgan fingerprint density at radius 1 is 1.50 bits per heavy atom. The standard InChI is InChI=1S/C6H3Cl3N2O/c7-4-1-3(5(8)11-12)2-10-6(4)9/h1-2,5H. The van der Waals surface area contributed by atoms with E-state index in [1.54, 1.807) is 0 Å². The molecule has 12 heavy (non-hydrogen) atoms. The molecule has 0 bridgehead atoms. The smallest absolute Gasteiger partial charge is 0.191 e. The Balaban J connectivity index is 3.04. The number of rotatable bonds is 2. The predicted molar refractivity (Wildman–Crippen MR) is 48.6 cm³/mol. The van der Waals surface area contributed by atoms with Crippen molar-refractivity contribution in [3.05, 3.63) is 32.9 Å². The molecule has 1 heterocycles. The number of pyridine rings is 1. The Labute approximate surface area is 83.6 Å². The van der Waals surface area contributed by atoms with Crippen LogP contribution in [-0.4, -0.2) is 4.98 Å². The predicted octanol–water partition coefficient (Wildman–Crippen LogP) is 3.39. The fourth-order valence-electron chi connectivity index (χ4n) is 0.627. The SMILES string of the molecule is O=NC(Cl)c1cnc(Cl)c(Cl)c1. The highest BCUT2D eigenvalue weighted by molar-refractivity contribution is 6.41. The Morgan fingerprint density at radius 3 is 2.67 bits per heavy atom. The van der Waals surface area contributed by atoms with Crippen molar-refractivity contribution < 1.29 is 0 Å². The van der Waals surface area contributed by atoms with Crippen molar-refractivity contribution >= 4 is 34.8 Å². The highest BCUT2D eigenvalue weighted by atomic mass is 35.5. The van der Waals surface area contributed by atoms with E-state index in [2.05, 4.69) is 10.2 Å². The summed E-state index contributed by atoms with van der Waals surface area (Å²) in [6.45, 7) is 0. The molecular weight excluding hydrogens is 222 g/mol. The first-order valence-electron chi connectivity index (χ1n) is 2.92. The van der Waals surface area contributed by atoms with Gasteiger partial charge in [0.05, 0.1) is 5.02 Å². The summed E-state index contributed by atoms with van der Waals surface area (Å²) in [7, 11) is 0. The van der Waals surface area contributed by atoms with Gasteiger partial charge >= 0.3 is 0 Å². The lowest BCUT2D eigenvalue weighted by molar-refractivity contribution is 0.989. The van der Waals surface area contributed by atoms with Gasteiger partial charge in [-0.15, -0.1) is 4.91 Å². The van der Waals surface area contributed by atoms with Gasteiger partial charge in [-0.2, -0.15) is 0 Å². The molecule has 0 saturated carbocycles. The third-order valence-corrected chi connectivity index (χ3v) is 2.20. The summed E-state index contributed by atoms with van der Waals surface area (Å²) in [6.07, 6.45) is 1.35. The molecule has 0 aliphatic carbocycles. The van der Waals surface area contributed by atoms with Gasteiger partial charge in [0.25, 0.3) is 0 Å². The van der Waals surface area contributed by atoms with E-state index in [4.69, 9.17) is 34.8 Å². The molecule has 0 amide bonds. The summed E-state index contributed by atoms with van der Waals surface area (Å²) in [5.74, 6) is 0. The second-order valence-corrected chi connectivity index (χ2v) is 3.16. The van der Waals surface area contributed by atoms with Crippen molar-refractivity contribution in [1.29, 1.82) is 0 Å². The van der Waals surface area contributed by atoms with Crippen LogP contribution in [0.5, 0.6) is 0 Å². The maximum Gasteiger partial charge on any atom is 0.191 e. The van der Waals surface area contributed by atoms with Crippen molar-refractivity contribution in [3.63, 3.8) is 0 Å². The number of aromatic nitrogens is 1. The molecular formula is C6H3Cl3N2O. The van der Waals surface area contributed by atoms with Crippen molar-refractivity contribution in [2.45, 2.75) is 5.50 Å². The van der Waals surface area contributed by atoms with Gasteiger partial charge in [0, 0.05) is 11.8 Å². The minimum atomic E-state index is -0.965. The molecule has 0 fully saturated rings. The molecule has 0 N–H and O–H groups in total. The van der Waals surface area contributed by atoms with Crippen molar-refractivity contribution in [3.8, 4) is 0 Å². The van der Waals surface area contributed by atoms with Crippen LogP contribution in [0.4, 0.5) is 0 Å². The van der Waals surface area contributed by atoms with E-state index >= 15 is 0 Å². The first-order valence-corrected chi connectivity index (χ1v) is 4.12. The molecule has 0 radical (unpaired) electrons. The lowest BCUT2D eigenvalue weighted by Gasteiger charge is -2.00. The van der Waals surface area contributed by atoms with Gasteiger partial charge < -0.3 is 0 Å². The van der Waals surface area contributed by atoms with Crippen LogP contribution < -0.4 is 0 Å². The zero-order valence-corrected chi connectivity index (χ0v) is 7.94. The monoisotopic (exact) mass is 224 g/mol. The fourth-order valence-corrected chi connectivity index (χ4v) is 1.02. The second kappa shape index (κ2) is 4.03. The first kappa shape index (κ1) is 9.71. The number of halogens is 3. The molecule has 64 valence electrons. The Morgan fingerprint density at radius 2 is 2.17 bits per heavy atom. The van der Waals surface area contributed by atoms with Gasteiger partial charge in [0.15, 0.2) is 5.50 Å². The van der Waals surface area contributed by atoms with E-state index in [0.717, 1.165) is 0 Å². The summed E-state index contributed by atoms with van der Waals surface area (Å²) in [5.41, 5.74) is -0.534. The molecule has 1 rings (SSSR count). The zero-order valence-electron chi connectivity index (χ0n) is 5.67. The van der Waals surface area contributed by atoms with Crippen LogP contribution >= 0.6 is 34.8 Å². The van der Waals surface area contributed by atoms with E-state index in [1.807, 2.05) is 0 Å². The van der Waals surface area contributed by atoms with E-state index in [1.165, 1.54) is 12.3 Å². The molecule has 1 unspecified atom stereocenters. The average Bonchev–Trinajstić information content (AvgIpc) is 2.08. The maximum absolute atomic E-state index is 10.0. The zero-order chi connectivity index (χ0) is 9.14. The Hall–Kier alpha value is -0.380. The summed E-state index contributed by atoms with van der Waals surface area (Å²) in [4.78, 5) is 13.7. The molecule has 1 aromatic heterocycles. The number of hydrogen-bond acceptors (Lipinski definition) is 3. The van der Waals surface area contributed by atoms with Gasteiger partial charge in [-0.05, 0) is 11.2 Å². The van der Waals surface area contributed by atoms with Crippen LogP contribution in [0.15, 0.2) is 17.4 Å². The second-order valence-electron chi connectivity index (χ2n) is 1.98. The summed E-state index contributed by atoms with van der Waals surface area (Å²) in [5, 5.41) is 3.03. The molecule has 0 aromatic carbocycles. The number of hydrogen-bond donors (Lipinski definition) is 0. The van der Waals surface area contributed by atoms with Gasteiger partial charge in [-0.25, -0.2) is 4.98 Å². The van der Waals surface area contributed by atoms with Gasteiger partial charge in [0.1, 0.15) is 5.15 Å². The lowest BCUT2D eigenvalue weighted by atomic mass is 10.3. The summed E-state index contributed by atoms with van der Waals surface area (Å²) >= 11 is 16.6. The number of alkyl halides is 1. The van der Waals surface area contributed by atoms with Crippen LogP contribution in [0.1, 0.15) is 11.1 Å². The molecule has 1 atom stereocenters. The fraction of sp³-hybridized carbons (Fsp3) is 0.167. The number of nitrogens with zero attached hydrogens (tertiary/aromatic N) is 2. The normalized spacial score (nSPS) is 12.6. The molecule has 3 nitrogen and oxygen atoms in total. The van der Waals surface area contributed by atoms with Gasteiger partial charge in [-0.3, -0.25) is 0 Å². The van der Waals surface area contributed by atoms with Crippen LogP contribution in [-0.2, 0) is 0 Å². The van der Waals surface area contributed by atoms with Crippen LogP contribution in [0.2, 0.25) is 10.2 Å². The average molecular weight is 225 g/mol. The minimum Gasteiger partial charge on any atom is -0.243 e. The third kappa shape index (κ3) is 2.06. The molecule has 0 aliphatic rings. The lowest BCUT2D eigenvalue weighted by Crippen LogP contribution is -1.87. The first-order chi connectivity index (χ1) is 5.65. The third-order valence-electron chi connectivity index (χ3n) is 1.19. The maximum atomic E-state index is 10.0. The van der Waals surface area contributed by atoms with Crippen molar-refractivity contribution in [2.75, 3.05) is 0 Å². The topological polar surface area (TPSA) is 42.3 Å². The Bertz CT molecular complexity index is 305. The molecule has 6 heteroatoms. The Kier molecular flexibility index (Phi) is 3.26. The van der Waals surface area contributed by atoms with Crippen molar-refractivity contribution in [1.82, 2.24) is 4.98 Å². The van der Waals surface area contributed by atoms with Crippen LogP contribution in [0, 0.1) is 4.91 Å². The summed E-state index contributed by atoms with van der Waals surface area (Å²) < 4.78 is 0. The van der Waals surface area contributed by atoms with Gasteiger partial charge in [0.2, 0.25) is 0 Å². The quantitative estimate of drug-likeness (QED) is 0.335. The largest absolute Gasteiger partial charge is 0.243 e. The van der Waals surface area contributed by atoms with Crippen LogP contribution in [0.25, 0.3) is 0 Å². The highest BCUT2D eigenvalue weighted by Crippen LogP contribution is 2.26. The molecule has 1 aromatic rings. The molecule has 0 saturated heterocycles.